The Morgan fingerprint density at radius 2 is 1.97 bits per heavy atom. The fraction of sp³-hybridized carbons (Fsp3) is 0.280. The maximum absolute atomic E-state index is 5.90. The number of hydrogen-bond acceptors (Lipinski definition) is 5. The van der Waals surface area contributed by atoms with Crippen molar-refractivity contribution in [1.29, 1.82) is 0 Å². The molecule has 0 spiro atoms. The van der Waals surface area contributed by atoms with Crippen LogP contribution in [0.2, 0.25) is 0 Å². The van der Waals surface area contributed by atoms with E-state index in [0.717, 1.165) is 53.7 Å². The number of aryl methyl sites for hydroxylation is 1. The van der Waals surface area contributed by atoms with Crippen LogP contribution in [0, 0.1) is 6.92 Å². The molecule has 5 rings (SSSR count). The van der Waals surface area contributed by atoms with E-state index in [2.05, 4.69) is 52.3 Å². The number of imidazole rings is 1. The first-order chi connectivity index (χ1) is 15.2. The SMILES string of the molecule is COc1cc(-c2onc3c2CCCN3[C@@H](C)c2ccccc2)ccc1-n1cnc(C)c1. The van der Waals surface area contributed by atoms with Crippen LogP contribution < -0.4 is 9.64 Å². The average Bonchev–Trinajstić information content (AvgIpc) is 3.45. The van der Waals surface area contributed by atoms with Gasteiger partial charge in [-0.15, -0.1) is 0 Å². The molecule has 0 fully saturated rings. The molecule has 6 heteroatoms. The molecule has 1 aliphatic heterocycles. The molecule has 31 heavy (non-hydrogen) atoms. The third-order valence-corrected chi connectivity index (χ3v) is 6.05. The van der Waals surface area contributed by atoms with Crippen LogP contribution in [0.5, 0.6) is 5.75 Å². The van der Waals surface area contributed by atoms with Crippen LogP contribution >= 0.6 is 0 Å². The van der Waals surface area contributed by atoms with Crippen LogP contribution in [0.15, 0.2) is 65.6 Å². The molecule has 2 aromatic carbocycles. The minimum Gasteiger partial charge on any atom is -0.495 e. The fourth-order valence-corrected chi connectivity index (χ4v) is 4.38. The van der Waals surface area contributed by atoms with Gasteiger partial charge in [0.15, 0.2) is 11.6 Å². The number of hydrogen-bond donors (Lipinski definition) is 0. The zero-order valence-corrected chi connectivity index (χ0v) is 18.1. The van der Waals surface area contributed by atoms with Crippen LogP contribution in [0.1, 0.15) is 36.2 Å². The smallest absolute Gasteiger partial charge is 0.176 e. The van der Waals surface area contributed by atoms with Gasteiger partial charge in [0, 0.05) is 23.9 Å². The molecule has 0 bridgehead atoms. The molecular formula is C25H26N4O2. The highest BCUT2D eigenvalue weighted by atomic mass is 16.5. The molecule has 0 saturated carbocycles. The van der Waals surface area contributed by atoms with Crippen molar-refractivity contribution in [2.75, 3.05) is 18.6 Å². The molecule has 158 valence electrons. The van der Waals surface area contributed by atoms with Gasteiger partial charge in [0.05, 0.1) is 30.9 Å². The van der Waals surface area contributed by atoms with Crippen LogP contribution in [-0.4, -0.2) is 28.4 Å². The second-order valence-corrected chi connectivity index (χ2v) is 8.01. The quantitative estimate of drug-likeness (QED) is 0.440. The van der Waals surface area contributed by atoms with E-state index < -0.39 is 0 Å². The van der Waals surface area contributed by atoms with E-state index >= 15 is 0 Å². The Kier molecular flexibility index (Phi) is 4.98. The van der Waals surface area contributed by atoms with Crippen molar-refractivity contribution in [3.63, 3.8) is 0 Å². The van der Waals surface area contributed by atoms with Crippen molar-refractivity contribution in [1.82, 2.24) is 14.7 Å². The molecule has 2 aromatic heterocycles. The van der Waals surface area contributed by atoms with Gasteiger partial charge in [0.25, 0.3) is 0 Å². The molecule has 0 saturated heterocycles. The predicted octanol–water partition coefficient (Wildman–Crippen LogP) is 5.36. The van der Waals surface area contributed by atoms with Gasteiger partial charge in [-0.3, -0.25) is 0 Å². The summed E-state index contributed by atoms with van der Waals surface area (Å²) >= 11 is 0. The third-order valence-electron chi connectivity index (χ3n) is 6.05. The molecular weight excluding hydrogens is 388 g/mol. The summed E-state index contributed by atoms with van der Waals surface area (Å²) in [4.78, 5) is 6.67. The highest BCUT2D eigenvalue weighted by Crippen LogP contribution is 2.40. The lowest BCUT2D eigenvalue weighted by Gasteiger charge is -2.33. The van der Waals surface area contributed by atoms with Gasteiger partial charge in [-0.2, -0.15) is 0 Å². The number of benzene rings is 2. The van der Waals surface area contributed by atoms with Crippen molar-refractivity contribution in [2.24, 2.45) is 0 Å². The predicted molar refractivity (Wildman–Crippen MR) is 121 cm³/mol. The Bertz CT molecular complexity index is 1200. The standard InChI is InChI=1S/C25H26N4O2/c1-17-15-28(16-26-17)22-12-11-20(14-23(22)30-3)24-21-10-7-13-29(25(21)27-31-24)18(2)19-8-5-4-6-9-19/h4-6,8-9,11-12,14-16,18H,7,10,13H2,1-3H3/t18-/m0/s1. The maximum atomic E-state index is 5.90. The monoisotopic (exact) mass is 414 g/mol. The number of fused-ring (bicyclic) bond motifs is 1. The molecule has 0 amide bonds. The molecule has 4 aromatic rings. The minimum atomic E-state index is 0.236. The normalized spacial score (nSPS) is 14.4. The summed E-state index contributed by atoms with van der Waals surface area (Å²) in [6.07, 6.45) is 5.81. The Morgan fingerprint density at radius 1 is 1.13 bits per heavy atom. The second kappa shape index (κ2) is 7.95. The van der Waals surface area contributed by atoms with E-state index in [-0.39, 0.29) is 6.04 Å². The van der Waals surface area contributed by atoms with Gasteiger partial charge in [-0.05, 0) is 50.5 Å². The lowest BCUT2D eigenvalue weighted by molar-refractivity contribution is 0.411. The lowest BCUT2D eigenvalue weighted by atomic mass is 9.98. The third kappa shape index (κ3) is 3.48. The first kappa shape index (κ1) is 19.4. The largest absolute Gasteiger partial charge is 0.495 e. The number of methoxy groups -OCH3 is 1. The number of aromatic nitrogens is 3. The van der Waals surface area contributed by atoms with E-state index in [9.17, 15) is 0 Å². The number of rotatable bonds is 5. The first-order valence-electron chi connectivity index (χ1n) is 10.6. The van der Waals surface area contributed by atoms with Crippen molar-refractivity contribution in [2.45, 2.75) is 32.7 Å². The number of ether oxygens (including phenoxy) is 1. The Morgan fingerprint density at radius 3 is 2.71 bits per heavy atom. The molecule has 1 aliphatic rings. The van der Waals surface area contributed by atoms with E-state index in [1.165, 1.54) is 11.1 Å². The lowest BCUT2D eigenvalue weighted by Crippen LogP contribution is -2.32. The number of nitrogens with zero attached hydrogens (tertiary/aromatic N) is 4. The highest BCUT2D eigenvalue weighted by molar-refractivity contribution is 5.71. The van der Waals surface area contributed by atoms with Gasteiger partial charge >= 0.3 is 0 Å². The fourth-order valence-electron chi connectivity index (χ4n) is 4.38. The van der Waals surface area contributed by atoms with Gasteiger partial charge in [0.1, 0.15) is 5.75 Å². The van der Waals surface area contributed by atoms with Crippen LogP contribution in [-0.2, 0) is 6.42 Å². The molecule has 0 radical (unpaired) electrons. The van der Waals surface area contributed by atoms with E-state index in [0.29, 0.717) is 0 Å². The van der Waals surface area contributed by atoms with Crippen molar-refractivity contribution in [3.05, 3.63) is 77.9 Å². The summed E-state index contributed by atoms with van der Waals surface area (Å²) in [5.74, 6) is 2.54. The van der Waals surface area contributed by atoms with Gasteiger partial charge < -0.3 is 18.7 Å². The average molecular weight is 415 g/mol. The van der Waals surface area contributed by atoms with Crippen molar-refractivity contribution in [3.8, 4) is 22.8 Å². The summed E-state index contributed by atoms with van der Waals surface area (Å²) in [6, 6.07) is 16.9. The van der Waals surface area contributed by atoms with Crippen LogP contribution in [0.3, 0.4) is 0 Å². The Hall–Kier alpha value is -3.54. The molecule has 1 atom stereocenters. The molecule has 0 N–H and O–H groups in total. The van der Waals surface area contributed by atoms with Crippen LogP contribution in [0.4, 0.5) is 5.82 Å². The van der Waals surface area contributed by atoms with Gasteiger partial charge in [-0.25, -0.2) is 4.98 Å². The summed E-state index contributed by atoms with van der Waals surface area (Å²) in [6.45, 7) is 5.17. The summed E-state index contributed by atoms with van der Waals surface area (Å²) in [5, 5.41) is 4.50. The highest BCUT2D eigenvalue weighted by Gasteiger charge is 2.29. The topological polar surface area (TPSA) is 56.3 Å². The van der Waals surface area contributed by atoms with E-state index in [4.69, 9.17) is 9.26 Å². The van der Waals surface area contributed by atoms with Gasteiger partial charge in [-0.1, -0.05) is 35.5 Å². The zero-order chi connectivity index (χ0) is 21.4. The summed E-state index contributed by atoms with van der Waals surface area (Å²) < 4.78 is 13.6. The van der Waals surface area contributed by atoms with Crippen molar-refractivity contribution < 1.29 is 9.26 Å². The molecule has 0 aliphatic carbocycles. The zero-order valence-electron chi connectivity index (χ0n) is 18.1. The second-order valence-electron chi connectivity index (χ2n) is 8.01. The van der Waals surface area contributed by atoms with Crippen LogP contribution in [0.25, 0.3) is 17.0 Å². The summed E-state index contributed by atoms with van der Waals surface area (Å²) in [5.41, 5.74) is 5.33. The molecule has 3 heterocycles. The van der Waals surface area contributed by atoms with Crippen molar-refractivity contribution >= 4 is 5.82 Å². The molecule has 6 nitrogen and oxygen atoms in total. The van der Waals surface area contributed by atoms with E-state index in [1.54, 1.807) is 13.4 Å². The molecule has 0 unspecified atom stereocenters. The Labute approximate surface area is 182 Å². The first-order valence-corrected chi connectivity index (χ1v) is 10.6. The Balaban J connectivity index is 1.51. The van der Waals surface area contributed by atoms with E-state index in [1.807, 2.05) is 35.9 Å². The minimum absolute atomic E-state index is 0.236. The summed E-state index contributed by atoms with van der Waals surface area (Å²) in [7, 11) is 1.69. The maximum Gasteiger partial charge on any atom is 0.176 e. The van der Waals surface area contributed by atoms with Gasteiger partial charge in [0.2, 0.25) is 0 Å². The number of anilines is 1.